The standard InChI is InChI=1S/C13H9BrCl2N4OS/c1-5(22-13-19-9(15)3-10(17)20-13)8-2-6-7(14)4-21-11(6)12(16)18-8/h2-5H,1H3,(H2,17,19,20). The quantitative estimate of drug-likeness (QED) is 0.274. The number of furan rings is 1. The highest BCUT2D eigenvalue weighted by molar-refractivity contribution is 9.10. The van der Waals surface area contributed by atoms with E-state index in [4.69, 9.17) is 33.4 Å². The number of halogens is 3. The van der Waals surface area contributed by atoms with Gasteiger partial charge in [-0.05, 0) is 28.9 Å². The van der Waals surface area contributed by atoms with E-state index in [2.05, 4.69) is 30.9 Å². The van der Waals surface area contributed by atoms with E-state index in [1.807, 2.05) is 13.0 Å². The van der Waals surface area contributed by atoms with Gasteiger partial charge in [-0.3, -0.25) is 0 Å². The molecule has 5 nitrogen and oxygen atoms in total. The molecule has 0 aromatic carbocycles. The summed E-state index contributed by atoms with van der Waals surface area (Å²) in [6.45, 7) is 1.98. The summed E-state index contributed by atoms with van der Waals surface area (Å²) in [5, 5.41) is 1.94. The molecule has 0 aliphatic carbocycles. The minimum atomic E-state index is -0.0402. The predicted octanol–water partition coefficient (Wildman–Crippen LogP) is 5.12. The summed E-state index contributed by atoms with van der Waals surface area (Å²) in [5.74, 6) is 0.328. The van der Waals surface area contributed by atoms with Gasteiger partial charge in [-0.15, -0.1) is 0 Å². The maximum absolute atomic E-state index is 6.17. The van der Waals surface area contributed by atoms with Crippen molar-refractivity contribution in [3.05, 3.63) is 38.9 Å². The Morgan fingerprint density at radius 2 is 2.05 bits per heavy atom. The zero-order valence-electron chi connectivity index (χ0n) is 11.2. The Kier molecular flexibility index (Phi) is 4.49. The molecular formula is C13H9BrCl2N4OS. The Labute approximate surface area is 148 Å². The van der Waals surface area contributed by atoms with Crippen molar-refractivity contribution in [3.8, 4) is 0 Å². The first-order valence-corrected chi connectivity index (χ1v) is 8.56. The van der Waals surface area contributed by atoms with Crippen molar-refractivity contribution in [1.82, 2.24) is 15.0 Å². The zero-order valence-corrected chi connectivity index (χ0v) is 15.1. The van der Waals surface area contributed by atoms with E-state index < -0.39 is 0 Å². The fourth-order valence-corrected chi connectivity index (χ4v) is 3.62. The molecule has 0 aliphatic rings. The van der Waals surface area contributed by atoms with Gasteiger partial charge in [0, 0.05) is 11.5 Å². The first-order chi connectivity index (χ1) is 10.4. The summed E-state index contributed by atoms with van der Waals surface area (Å²) < 4.78 is 6.18. The Bertz CT molecular complexity index is 837. The first-order valence-electron chi connectivity index (χ1n) is 6.14. The second-order valence-corrected chi connectivity index (χ2v) is 7.36. The largest absolute Gasteiger partial charge is 0.460 e. The number of hydrogen-bond donors (Lipinski definition) is 1. The fourth-order valence-electron chi connectivity index (χ4n) is 1.88. The summed E-state index contributed by atoms with van der Waals surface area (Å²) >= 11 is 16.9. The van der Waals surface area contributed by atoms with Gasteiger partial charge in [-0.2, -0.15) is 0 Å². The van der Waals surface area contributed by atoms with Crippen LogP contribution in [0.3, 0.4) is 0 Å². The van der Waals surface area contributed by atoms with Crippen molar-refractivity contribution in [2.75, 3.05) is 5.73 Å². The minimum Gasteiger partial charge on any atom is -0.460 e. The van der Waals surface area contributed by atoms with Gasteiger partial charge < -0.3 is 10.2 Å². The van der Waals surface area contributed by atoms with Crippen LogP contribution in [0.25, 0.3) is 11.0 Å². The Morgan fingerprint density at radius 1 is 1.27 bits per heavy atom. The Hall–Kier alpha value is -1.02. The lowest BCUT2D eigenvalue weighted by Gasteiger charge is -2.10. The Morgan fingerprint density at radius 3 is 2.77 bits per heavy atom. The van der Waals surface area contributed by atoms with Crippen LogP contribution in [0, 0.1) is 0 Å². The highest BCUT2D eigenvalue weighted by Crippen LogP contribution is 2.37. The van der Waals surface area contributed by atoms with Crippen LogP contribution >= 0.6 is 50.9 Å². The summed E-state index contributed by atoms with van der Waals surface area (Å²) in [6, 6.07) is 3.42. The van der Waals surface area contributed by atoms with Gasteiger partial charge in [0.1, 0.15) is 17.2 Å². The average molecular weight is 420 g/mol. The summed E-state index contributed by atoms with van der Waals surface area (Å²) in [5.41, 5.74) is 7.01. The van der Waals surface area contributed by atoms with Crippen LogP contribution in [0.15, 0.2) is 32.4 Å². The van der Waals surface area contributed by atoms with Crippen LogP contribution in [0.1, 0.15) is 17.9 Å². The molecule has 1 atom stereocenters. The monoisotopic (exact) mass is 418 g/mol. The van der Waals surface area contributed by atoms with Crippen LogP contribution < -0.4 is 5.73 Å². The molecule has 3 aromatic heterocycles. The van der Waals surface area contributed by atoms with Gasteiger partial charge in [0.05, 0.1) is 15.4 Å². The van der Waals surface area contributed by atoms with E-state index in [9.17, 15) is 0 Å². The van der Waals surface area contributed by atoms with Gasteiger partial charge in [0.15, 0.2) is 15.9 Å². The molecule has 114 valence electrons. The molecule has 0 saturated heterocycles. The van der Waals surface area contributed by atoms with Crippen molar-refractivity contribution >= 4 is 67.7 Å². The third-order valence-electron chi connectivity index (χ3n) is 2.88. The lowest BCUT2D eigenvalue weighted by atomic mass is 10.2. The van der Waals surface area contributed by atoms with E-state index >= 15 is 0 Å². The molecular weight excluding hydrogens is 411 g/mol. The lowest BCUT2D eigenvalue weighted by molar-refractivity contribution is 0.612. The van der Waals surface area contributed by atoms with Gasteiger partial charge >= 0.3 is 0 Å². The van der Waals surface area contributed by atoms with E-state index in [0.717, 1.165) is 15.6 Å². The highest BCUT2D eigenvalue weighted by Gasteiger charge is 2.17. The number of fused-ring (bicyclic) bond motifs is 1. The van der Waals surface area contributed by atoms with Crippen LogP contribution in [0.2, 0.25) is 10.3 Å². The molecule has 0 radical (unpaired) electrons. The van der Waals surface area contributed by atoms with Crippen molar-refractivity contribution in [2.24, 2.45) is 0 Å². The normalized spacial score (nSPS) is 12.7. The van der Waals surface area contributed by atoms with Crippen LogP contribution in [-0.2, 0) is 0 Å². The summed E-state index contributed by atoms with van der Waals surface area (Å²) in [6.07, 6.45) is 1.58. The maximum atomic E-state index is 6.17. The first kappa shape index (κ1) is 15.9. The molecule has 0 fully saturated rings. The molecule has 0 aliphatic heterocycles. The van der Waals surface area contributed by atoms with E-state index in [0.29, 0.717) is 26.9 Å². The zero-order chi connectivity index (χ0) is 15.9. The predicted molar refractivity (Wildman–Crippen MR) is 92.4 cm³/mol. The van der Waals surface area contributed by atoms with Gasteiger partial charge in [-0.1, -0.05) is 35.0 Å². The van der Waals surface area contributed by atoms with E-state index in [-0.39, 0.29) is 5.25 Å². The third-order valence-corrected chi connectivity index (χ3v) is 4.93. The number of nitrogens with zero attached hydrogens (tertiary/aromatic N) is 3. The van der Waals surface area contributed by atoms with Crippen LogP contribution in [0.4, 0.5) is 5.82 Å². The molecule has 9 heteroatoms. The molecule has 0 spiro atoms. The number of thioether (sulfide) groups is 1. The SMILES string of the molecule is CC(Sc1nc(N)cc(Cl)n1)c1cc2c(Br)coc2c(Cl)n1. The number of pyridine rings is 1. The topological polar surface area (TPSA) is 77.8 Å². The second-order valence-electron chi connectivity index (χ2n) is 4.46. The third kappa shape index (κ3) is 3.17. The molecule has 0 bridgehead atoms. The van der Waals surface area contributed by atoms with Crippen molar-refractivity contribution in [2.45, 2.75) is 17.3 Å². The molecule has 2 N–H and O–H groups in total. The summed E-state index contributed by atoms with van der Waals surface area (Å²) in [4.78, 5) is 12.7. The fraction of sp³-hybridized carbons (Fsp3) is 0.154. The number of anilines is 1. The smallest absolute Gasteiger partial charge is 0.191 e. The molecule has 0 amide bonds. The molecule has 1 unspecified atom stereocenters. The molecule has 3 aromatic rings. The number of hydrogen-bond acceptors (Lipinski definition) is 6. The number of nitrogen functional groups attached to an aromatic ring is 1. The van der Waals surface area contributed by atoms with Crippen LogP contribution in [-0.4, -0.2) is 15.0 Å². The summed E-state index contributed by atoms with van der Waals surface area (Å²) in [7, 11) is 0. The minimum absolute atomic E-state index is 0.0402. The molecule has 3 heterocycles. The van der Waals surface area contributed by atoms with Crippen molar-refractivity contribution in [3.63, 3.8) is 0 Å². The molecule has 0 saturated carbocycles. The molecule has 22 heavy (non-hydrogen) atoms. The van der Waals surface area contributed by atoms with Gasteiger partial charge in [0.2, 0.25) is 0 Å². The van der Waals surface area contributed by atoms with Crippen molar-refractivity contribution in [1.29, 1.82) is 0 Å². The Balaban J connectivity index is 1.94. The highest BCUT2D eigenvalue weighted by atomic mass is 79.9. The number of aromatic nitrogens is 3. The average Bonchev–Trinajstić information content (AvgIpc) is 2.80. The molecule has 3 rings (SSSR count). The van der Waals surface area contributed by atoms with Gasteiger partial charge in [-0.25, -0.2) is 15.0 Å². The van der Waals surface area contributed by atoms with Gasteiger partial charge in [0.25, 0.3) is 0 Å². The second kappa shape index (κ2) is 6.23. The van der Waals surface area contributed by atoms with E-state index in [1.54, 1.807) is 6.26 Å². The van der Waals surface area contributed by atoms with Crippen LogP contribution in [0.5, 0.6) is 0 Å². The lowest BCUT2D eigenvalue weighted by Crippen LogP contribution is -1.98. The number of nitrogens with two attached hydrogens (primary N) is 1. The number of rotatable bonds is 3. The van der Waals surface area contributed by atoms with Crippen molar-refractivity contribution < 1.29 is 4.42 Å². The maximum Gasteiger partial charge on any atom is 0.191 e. The van der Waals surface area contributed by atoms with E-state index in [1.165, 1.54) is 17.8 Å².